The molecule has 6 rings (SSSR count). The molecule has 0 bridgehead atoms. The molecule has 0 unspecified atom stereocenters. The minimum absolute atomic E-state index is 0. The zero-order valence-corrected chi connectivity index (χ0v) is 37.6. The molecule has 2 heterocycles. The maximum atomic E-state index is 10.7. The number of ether oxygens (including phenoxy) is 5. The van der Waals surface area contributed by atoms with Gasteiger partial charge in [0.15, 0.2) is 0 Å². The average Bonchev–Trinajstić information content (AvgIpc) is 3.28. The van der Waals surface area contributed by atoms with Crippen LogP contribution in [0, 0.1) is 0 Å². The fourth-order valence-electron chi connectivity index (χ4n) is 7.06. The third-order valence-corrected chi connectivity index (χ3v) is 11.3. The summed E-state index contributed by atoms with van der Waals surface area (Å²) in [5.41, 5.74) is 4.65. The number of rotatable bonds is 14. The van der Waals surface area contributed by atoms with Crippen molar-refractivity contribution in [1.82, 2.24) is 0 Å². The molecule has 65 heavy (non-hydrogen) atoms. The second kappa shape index (κ2) is 27.3. The van der Waals surface area contributed by atoms with Gasteiger partial charge in [0.1, 0.15) is 66.4 Å². The van der Waals surface area contributed by atoms with Crippen LogP contribution in [0.4, 0.5) is 0 Å². The highest BCUT2D eigenvalue weighted by molar-refractivity contribution is 6.31. The molecule has 0 aromatic heterocycles. The molecular formula is C47H66Cl2O16. The largest absolute Gasteiger partial charge is 0.494 e. The van der Waals surface area contributed by atoms with E-state index in [1.165, 1.54) is 14.0 Å². The van der Waals surface area contributed by atoms with Gasteiger partial charge in [-0.15, -0.1) is 0 Å². The van der Waals surface area contributed by atoms with Gasteiger partial charge in [0.2, 0.25) is 5.79 Å². The van der Waals surface area contributed by atoms with Crippen molar-refractivity contribution in [3.05, 3.63) is 128 Å². The van der Waals surface area contributed by atoms with Gasteiger partial charge in [-0.05, 0) is 104 Å². The molecule has 0 saturated carbocycles. The molecule has 2 aliphatic rings. The van der Waals surface area contributed by atoms with E-state index in [0.717, 1.165) is 33.8 Å². The predicted molar refractivity (Wildman–Crippen MR) is 244 cm³/mol. The Kier molecular flexibility index (Phi) is 24.2. The molecule has 11 atom stereocenters. The Balaban J connectivity index is 0.000000394. The molecule has 2 saturated heterocycles. The van der Waals surface area contributed by atoms with Gasteiger partial charge in [0, 0.05) is 22.7 Å². The van der Waals surface area contributed by atoms with Gasteiger partial charge < -0.3 is 80.2 Å². The fourth-order valence-corrected chi connectivity index (χ4v) is 7.43. The van der Waals surface area contributed by atoms with Gasteiger partial charge in [-0.2, -0.15) is 0 Å². The second-order valence-corrected chi connectivity index (χ2v) is 15.9. The van der Waals surface area contributed by atoms with Crippen molar-refractivity contribution >= 4 is 23.2 Å². The van der Waals surface area contributed by atoms with Crippen LogP contribution < -0.4 is 9.47 Å². The number of aliphatic hydroxyl groups excluding tert-OH is 10. The molecule has 0 spiro atoms. The summed E-state index contributed by atoms with van der Waals surface area (Å²) in [6.07, 6.45) is -11.2. The summed E-state index contributed by atoms with van der Waals surface area (Å²) in [5, 5.41) is 97.3. The molecular weight excluding hydrogens is 891 g/mol. The lowest BCUT2D eigenvalue weighted by molar-refractivity contribution is -0.366. The number of hydrogen-bond acceptors (Lipinski definition) is 15. The van der Waals surface area contributed by atoms with Gasteiger partial charge in [-0.1, -0.05) is 73.1 Å². The van der Waals surface area contributed by atoms with E-state index in [1.54, 1.807) is 30.3 Å². The Bertz CT molecular complexity index is 1970. The zero-order chi connectivity index (χ0) is 46.4. The van der Waals surface area contributed by atoms with Crippen molar-refractivity contribution in [3.8, 4) is 11.5 Å². The van der Waals surface area contributed by atoms with Crippen molar-refractivity contribution in [3.63, 3.8) is 0 Å². The van der Waals surface area contributed by atoms with Crippen LogP contribution in [0.3, 0.4) is 0 Å². The second-order valence-electron chi connectivity index (χ2n) is 15.1. The standard InChI is InChI=1S/C22H27ClO7.C21H25ClO6.C3H8O2.CH4.H2O/c1-3-29-16-7-4-13(5-8-16)10-14-11-15(6-9-17(14)23)22(28-2)21(27)20(26)19(25)18(12-24)30-22;1-2-27-15-6-3-12(4-7-15)9-14-10-13(5-8-16(14)22)21-20(26)19(25)18(24)17(11-23)28-21;1-3(5)2-4;;/h4-9,11,18-21,24-27H,3,10,12H2,1-2H3;3-8,10,17-21,23-26H,2,9,11H2,1H3;3-5H,2H2,1H3;1H4;1H2/t18-,19-,20+,21-,22+;17-,18-,19+,20-,21+;3-;;/m110../s1. The molecule has 4 aromatic rings. The first-order valence-electron chi connectivity index (χ1n) is 20.6. The van der Waals surface area contributed by atoms with Crippen LogP contribution in [0.1, 0.15) is 67.7 Å². The topological polar surface area (TPSA) is 280 Å². The van der Waals surface area contributed by atoms with Crippen LogP contribution >= 0.6 is 23.2 Å². The van der Waals surface area contributed by atoms with Crippen LogP contribution in [-0.4, -0.2) is 152 Å². The summed E-state index contributed by atoms with van der Waals surface area (Å²) in [6.45, 7) is 5.41. The Hall–Kier alpha value is -3.50. The lowest BCUT2D eigenvalue weighted by Crippen LogP contribution is -2.64. The summed E-state index contributed by atoms with van der Waals surface area (Å²) >= 11 is 12.8. The Morgan fingerprint density at radius 2 is 1.11 bits per heavy atom. The van der Waals surface area contributed by atoms with E-state index < -0.39 is 80.0 Å². The summed E-state index contributed by atoms with van der Waals surface area (Å²) < 4.78 is 27.8. The number of aliphatic hydroxyl groups is 10. The van der Waals surface area contributed by atoms with Crippen LogP contribution in [-0.2, 0) is 32.8 Å². The maximum absolute atomic E-state index is 10.7. The van der Waals surface area contributed by atoms with E-state index in [0.29, 0.717) is 47.2 Å². The summed E-state index contributed by atoms with van der Waals surface area (Å²) in [4.78, 5) is 0. The lowest BCUT2D eigenvalue weighted by atomic mass is 9.87. The molecule has 18 heteroatoms. The molecule has 16 nitrogen and oxygen atoms in total. The number of benzene rings is 4. The molecule has 2 fully saturated rings. The molecule has 0 radical (unpaired) electrons. The van der Waals surface area contributed by atoms with Gasteiger partial charge in [0.05, 0.1) is 39.1 Å². The lowest BCUT2D eigenvalue weighted by Gasteiger charge is -2.47. The average molecular weight is 958 g/mol. The van der Waals surface area contributed by atoms with Crippen LogP contribution in [0.2, 0.25) is 10.0 Å². The highest BCUT2D eigenvalue weighted by Crippen LogP contribution is 2.41. The summed E-state index contributed by atoms with van der Waals surface area (Å²) in [6, 6.07) is 25.6. The third-order valence-electron chi connectivity index (χ3n) is 10.5. The van der Waals surface area contributed by atoms with Crippen molar-refractivity contribution in [2.45, 2.75) is 108 Å². The van der Waals surface area contributed by atoms with E-state index in [2.05, 4.69) is 0 Å². The third kappa shape index (κ3) is 14.7. The molecule has 2 aliphatic heterocycles. The minimum Gasteiger partial charge on any atom is -0.494 e. The first kappa shape index (κ1) is 57.6. The highest BCUT2D eigenvalue weighted by atomic mass is 35.5. The molecule has 0 amide bonds. The van der Waals surface area contributed by atoms with Gasteiger partial charge in [0.25, 0.3) is 0 Å². The van der Waals surface area contributed by atoms with Gasteiger partial charge in [-0.3, -0.25) is 0 Å². The van der Waals surface area contributed by atoms with E-state index >= 15 is 0 Å². The highest BCUT2D eigenvalue weighted by Gasteiger charge is 2.55. The van der Waals surface area contributed by atoms with Gasteiger partial charge >= 0.3 is 0 Å². The zero-order valence-electron chi connectivity index (χ0n) is 36.1. The predicted octanol–water partition coefficient (Wildman–Crippen LogP) is 2.62. The first-order chi connectivity index (χ1) is 30.1. The summed E-state index contributed by atoms with van der Waals surface area (Å²) in [7, 11) is 1.32. The quantitative estimate of drug-likeness (QED) is 0.0870. The minimum atomic E-state index is -1.77. The summed E-state index contributed by atoms with van der Waals surface area (Å²) in [5.74, 6) is -0.197. The maximum Gasteiger partial charge on any atom is 0.224 e. The van der Waals surface area contributed by atoms with Crippen LogP contribution in [0.5, 0.6) is 11.5 Å². The van der Waals surface area contributed by atoms with Gasteiger partial charge in [-0.25, -0.2) is 0 Å². The van der Waals surface area contributed by atoms with Crippen molar-refractivity contribution in [2.24, 2.45) is 0 Å². The number of halogens is 2. The normalized spacial score (nSPS) is 26.4. The monoisotopic (exact) mass is 956 g/mol. The van der Waals surface area contributed by atoms with E-state index in [-0.39, 0.29) is 19.5 Å². The van der Waals surface area contributed by atoms with Crippen molar-refractivity contribution in [2.75, 3.05) is 40.1 Å². The molecule has 4 aromatic carbocycles. The molecule has 12 N–H and O–H groups in total. The van der Waals surface area contributed by atoms with E-state index in [4.69, 9.17) is 57.1 Å². The fraction of sp³-hybridized carbons (Fsp3) is 0.489. The Morgan fingerprint density at radius 1 is 0.646 bits per heavy atom. The van der Waals surface area contributed by atoms with E-state index in [1.807, 2.05) is 68.4 Å². The van der Waals surface area contributed by atoms with Crippen molar-refractivity contribution < 1.29 is 80.2 Å². The smallest absolute Gasteiger partial charge is 0.224 e. The Morgan fingerprint density at radius 3 is 1.55 bits per heavy atom. The first-order valence-corrected chi connectivity index (χ1v) is 21.3. The number of hydrogen-bond donors (Lipinski definition) is 10. The SMILES string of the molecule is C.CCOc1ccc(Cc2cc([C@@H]3O[C@H](CO)[C@@H](O)[C@H](O)[C@H]3O)ccc2Cl)cc1.CCOc1ccc(Cc2cc([C@]3(OC)O[C@H](CO)[C@@H](O)[C@H](O)[C@H]3O)ccc2Cl)cc1.C[C@H](O)CO.O. The van der Waals surface area contributed by atoms with E-state index in [9.17, 15) is 40.9 Å². The Labute approximate surface area is 390 Å². The van der Waals surface area contributed by atoms with Crippen LogP contribution in [0.25, 0.3) is 0 Å². The number of methoxy groups -OCH3 is 1. The van der Waals surface area contributed by atoms with Crippen LogP contribution in [0.15, 0.2) is 84.9 Å². The molecule has 0 aliphatic carbocycles. The molecule has 364 valence electrons. The van der Waals surface area contributed by atoms with Crippen molar-refractivity contribution in [1.29, 1.82) is 0 Å².